The third-order valence-electron chi connectivity index (χ3n) is 3.18. The molecule has 0 amide bonds. The minimum absolute atomic E-state index is 0. The monoisotopic (exact) mass is 412 g/mol. The number of hydrogen-bond donors (Lipinski definition) is 0. The van der Waals surface area contributed by atoms with E-state index in [1.54, 1.807) is 0 Å². The summed E-state index contributed by atoms with van der Waals surface area (Å²) in [5.74, 6) is 0. The largest absolute Gasteiger partial charge is 1.00 e. The van der Waals surface area contributed by atoms with E-state index >= 15 is 0 Å². The van der Waals surface area contributed by atoms with Gasteiger partial charge in [-0.1, -0.05) is 30.4 Å². The van der Waals surface area contributed by atoms with E-state index in [4.69, 9.17) is 5.53 Å². The maximum atomic E-state index is 11.3. The van der Waals surface area contributed by atoms with Crippen molar-refractivity contribution in [1.29, 1.82) is 0 Å². The number of rotatable bonds is 4. The number of hydrogen-bond acceptors (Lipinski definition) is 6. The van der Waals surface area contributed by atoms with Crippen molar-refractivity contribution in [2.45, 2.75) is 11.3 Å². The van der Waals surface area contributed by atoms with Gasteiger partial charge in [-0.05, 0) is 23.3 Å². The fourth-order valence-corrected chi connectivity index (χ4v) is 3.50. The molecule has 0 N–H and O–H groups in total. The molecule has 12 heteroatoms. The second-order valence-electron chi connectivity index (χ2n) is 4.76. The van der Waals surface area contributed by atoms with E-state index in [0.29, 0.717) is 0 Å². The maximum absolute atomic E-state index is 11.3. The van der Waals surface area contributed by atoms with Crippen molar-refractivity contribution in [2.75, 3.05) is 0 Å². The average Bonchev–Trinajstić information content (AvgIpc) is 2.51. The van der Waals surface area contributed by atoms with E-state index in [2.05, 4.69) is 4.79 Å². The van der Waals surface area contributed by atoms with Gasteiger partial charge >= 0.3 is 59.1 Å². The molecule has 1 aromatic rings. The second kappa shape index (κ2) is 10.3. The Balaban J connectivity index is 0.00000312. The Morgan fingerprint density at radius 2 is 1.58 bits per heavy atom. The van der Waals surface area contributed by atoms with Crippen LogP contribution in [0.1, 0.15) is 12.0 Å². The van der Waals surface area contributed by atoms with Crippen LogP contribution in [0.3, 0.4) is 0 Å². The zero-order chi connectivity index (χ0) is 18.0. The van der Waals surface area contributed by atoms with Gasteiger partial charge in [0.2, 0.25) is 0 Å². The summed E-state index contributed by atoms with van der Waals surface area (Å²) < 4.78 is 67.6. The van der Waals surface area contributed by atoms with E-state index in [9.17, 15) is 25.9 Å². The Morgan fingerprint density at radius 3 is 2.12 bits per heavy atom. The molecule has 0 saturated heterocycles. The van der Waals surface area contributed by atoms with Gasteiger partial charge in [0.1, 0.15) is 20.2 Å². The molecule has 1 aliphatic rings. The van der Waals surface area contributed by atoms with Gasteiger partial charge in [-0.25, -0.2) is 16.8 Å². The molecule has 0 atom stereocenters. The van der Waals surface area contributed by atoms with Crippen LogP contribution in [-0.4, -0.2) is 36.4 Å². The van der Waals surface area contributed by atoms with Crippen LogP contribution in [0.2, 0.25) is 0 Å². The molecular weight excluding hydrogens is 402 g/mol. The zero-order valence-corrected chi connectivity index (χ0v) is 19.6. The van der Waals surface area contributed by atoms with Crippen LogP contribution in [0.5, 0.6) is 0 Å². The van der Waals surface area contributed by atoms with Crippen molar-refractivity contribution in [3.05, 3.63) is 64.1 Å². The first-order valence-corrected chi connectivity index (χ1v) is 9.25. The fraction of sp³-hybridized carbons (Fsp3) is 0.0714. The van der Waals surface area contributed by atoms with Gasteiger partial charge in [-0.3, -0.25) is 0 Å². The molecular formula is C14H10N2Na2O6S2. The molecule has 26 heavy (non-hydrogen) atoms. The van der Waals surface area contributed by atoms with Crippen LogP contribution in [0, 0.1) is 0 Å². The first kappa shape index (κ1) is 25.6. The van der Waals surface area contributed by atoms with Gasteiger partial charge in [-0.15, -0.1) is 0 Å². The quantitative estimate of drug-likeness (QED) is 0.209. The molecule has 0 unspecified atom stereocenters. The van der Waals surface area contributed by atoms with Crippen molar-refractivity contribution in [3.63, 3.8) is 0 Å². The Hall–Kier alpha value is -0.360. The molecule has 126 valence electrons. The van der Waals surface area contributed by atoms with E-state index in [0.717, 1.165) is 6.07 Å². The molecule has 1 aromatic carbocycles. The molecule has 2 rings (SSSR count). The first-order chi connectivity index (χ1) is 11.1. The van der Waals surface area contributed by atoms with Crippen LogP contribution in [0.25, 0.3) is 11.6 Å². The standard InChI is InChI=1S/C14H12N2O6S2.2Na/c15-16-12-8-7-11(14(9-12)24(20,21)22)6-5-10-3-1-2-4-13(10)23(17,18)19;;/h1-8H,9H2,(H,17,18,19)(H,20,21,22);;/q;2*+1/p-2. The van der Waals surface area contributed by atoms with Crippen LogP contribution < -0.4 is 59.1 Å². The van der Waals surface area contributed by atoms with Crippen LogP contribution in [0.15, 0.2) is 57.9 Å². The number of benzene rings is 1. The summed E-state index contributed by atoms with van der Waals surface area (Å²) >= 11 is 0. The van der Waals surface area contributed by atoms with Gasteiger partial charge in [0.05, 0.1) is 16.2 Å². The molecule has 0 radical (unpaired) electrons. The summed E-state index contributed by atoms with van der Waals surface area (Å²) in [5.41, 5.74) is 8.75. The molecule has 0 spiro atoms. The molecule has 0 bridgehead atoms. The third-order valence-corrected chi connectivity index (χ3v) is 5.07. The minimum Gasteiger partial charge on any atom is -0.744 e. The van der Waals surface area contributed by atoms with Gasteiger partial charge < -0.3 is 14.6 Å². The number of nitrogens with zero attached hydrogens (tertiary/aromatic N) is 2. The summed E-state index contributed by atoms with van der Waals surface area (Å²) in [4.78, 5) is 1.87. The third kappa shape index (κ3) is 6.66. The van der Waals surface area contributed by atoms with Gasteiger partial charge in [0.25, 0.3) is 5.71 Å². The molecule has 8 nitrogen and oxygen atoms in total. The summed E-state index contributed by atoms with van der Waals surface area (Å²) in [7, 11) is -9.51. The summed E-state index contributed by atoms with van der Waals surface area (Å²) in [5, 5.41) is 0. The van der Waals surface area contributed by atoms with Crippen molar-refractivity contribution in [2.24, 2.45) is 0 Å². The van der Waals surface area contributed by atoms with Gasteiger partial charge in [0, 0.05) is 6.08 Å². The maximum Gasteiger partial charge on any atom is 1.00 e. The molecule has 0 heterocycles. The zero-order valence-electron chi connectivity index (χ0n) is 14.0. The Morgan fingerprint density at radius 1 is 0.962 bits per heavy atom. The Labute approximate surface area is 195 Å². The van der Waals surface area contributed by atoms with Crippen molar-refractivity contribution in [1.82, 2.24) is 0 Å². The van der Waals surface area contributed by atoms with E-state index < -0.39 is 30.0 Å². The van der Waals surface area contributed by atoms with E-state index in [1.807, 2.05) is 0 Å². The molecule has 0 aliphatic heterocycles. The summed E-state index contributed by atoms with van der Waals surface area (Å²) in [6, 6.07) is 5.36. The van der Waals surface area contributed by atoms with Crippen molar-refractivity contribution in [3.8, 4) is 0 Å². The smallest absolute Gasteiger partial charge is 0.744 e. The fourth-order valence-electron chi connectivity index (χ4n) is 2.08. The first-order valence-electron chi connectivity index (χ1n) is 6.44. The van der Waals surface area contributed by atoms with Gasteiger partial charge in [0.15, 0.2) is 0 Å². The van der Waals surface area contributed by atoms with Crippen molar-refractivity contribution < 1.29 is 89.8 Å². The Kier molecular flexibility index (Phi) is 10.1. The Bertz CT molecular complexity index is 1040. The summed E-state index contributed by atoms with van der Waals surface area (Å²) in [6.45, 7) is 0. The SMILES string of the molecule is [N-]=[N+]=C1C=CC(C=Cc2ccccc2S(=O)(=O)[O-])=C(S(=O)(=O)[O-])C1.[Na+].[Na+]. The summed E-state index contributed by atoms with van der Waals surface area (Å²) in [6.07, 6.45) is 4.59. The molecule has 0 saturated carbocycles. The predicted octanol–water partition coefficient (Wildman–Crippen LogP) is -4.96. The van der Waals surface area contributed by atoms with Gasteiger partial charge in [-0.2, -0.15) is 4.79 Å². The van der Waals surface area contributed by atoms with Crippen LogP contribution in [-0.2, 0) is 20.2 Å². The molecule has 1 aliphatic carbocycles. The minimum atomic E-state index is -4.81. The van der Waals surface area contributed by atoms with E-state index in [-0.39, 0.29) is 82.4 Å². The molecule has 0 fully saturated rings. The van der Waals surface area contributed by atoms with Crippen LogP contribution in [0.4, 0.5) is 0 Å². The number of allylic oxidation sites excluding steroid dienone is 5. The normalized spacial score (nSPS) is 14.6. The van der Waals surface area contributed by atoms with Crippen LogP contribution >= 0.6 is 0 Å². The van der Waals surface area contributed by atoms with E-state index in [1.165, 1.54) is 42.5 Å². The van der Waals surface area contributed by atoms with Crippen molar-refractivity contribution >= 4 is 32.0 Å². The predicted molar refractivity (Wildman–Crippen MR) is 82.5 cm³/mol. The molecule has 0 aromatic heterocycles. The average molecular weight is 412 g/mol. The second-order valence-corrected chi connectivity index (χ2v) is 7.51. The topological polar surface area (TPSA) is 151 Å².